The van der Waals surface area contributed by atoms with Crippen molar-refractivity contribution in [2.45, 2.75) is 42.9 Å². The van der Waals surface area contributed by atoms with Crippen LogP contribution in [0.2, 0.25) is 5.02 Å². The molecule has 6 nitrogen and oxygen atoms in total. The van der Waals surface area contributed by atoms with Gasteiger partial charge in [0.1, 0.15) is 27.2 Å². The highest BCUT2D eigenvalue weighted by atomic mass is 35.5. The SMILES string of the molecule is CC(C)Sc1csc(C(=O)N2CCC(Nc3nc(N)c(C(=O)c4c(F)cccc4F)s3)CC2)c1Cl. The van der Waals surface area contributed by atoms with Crippen LogP contribution in [0.3, 0.4) is 0 Å². The van der Waals surface area contributed by atoms with Crippen LogP contribution in [-0.2, 0) is 0 Å². The summed E-state index contributed by atoms with van der Waals surface area (Å²) < 4.78 is 28.1. The molecular formula is C23H23ClF2N4O2S3. The number of benzene rings is 1. The fourth-order valence-corrected chi connectivity index (χ4v) is 7.04. The number of nitrogens with one attached hydrogen (secondary N) is 1. The van der Waals surface area contributed by atoms with Crippen LogP contribution in [0.5, 0.6) is 0 Å². The van der Waals surface area contributed by atoms with Gasteiger partial charge >= 0.3 is 0 Å². The van der Waals surface area contributed by atoms with Crippen molar-refractivity contribution in [1.82, 2.24) is 9.88 Å². The van der Waals surface area contributed by atoms with Crippen molar-refractivity contribution in [3.8, 4) is 0 Å². The van der Waals surface area contributed by atoms with Gasteiger partial charge in [-0.15, -0.1) is 23.1 Å². The van der Waals surface area contributed by atoms with Gasteiger partial charge in [-0.1, -0.05) is 42.9 Å². The molecule has 3 aromatic rings. The highest BCUT2D eigenvalue weighted by molar-refractivity contribution is 8.00. The number of nitrogen functional groups attached to an aromatic ring is 1. The molecule has 0 atom stereocenters. The molecule has 0 spiro atoms. The molecule has 0 saturated carbocycles. The molecule has 1 aliphatic heterocycles. The third-order valence-corrected chi connectivity index (χ3v) is 9.20. The molecule has 0 bridgehead atoms. The number of piperidine rings is 1. The Morgan fingerprint density at radius 3 is 2.51 bits per heavy atom. The molecule has 1 fully saturated rings. The lowest BCUT2D eigenvalue weighted by Gasteiger charge is -2.32. The molecule has 12 heteroatoms. The van der Waals surface area contributed by atoms with Gasteiger partial charge in [-0.2, -0.15) is 0 Å². The van der Waals surface area contributed by atoms with E-state index in [1.165, 1.54) is 17.4 Å². The Hall–Kier alpha value is -2.21. The molecule has 4 rings (SSSR count). The molecule has 1 amide bonds. The van der Waals surface area contributed by atoms with E-state index in [2.05, 4.69) is 24.1 Å². The number of anilines is 2. The van der Waals surface area contributed by atoms with Gasteiger partial charge in [0.25, 0.3) is 5.91 Å². The zero-order chi connectivity index (χ0) is 25.3. The Balaban J connectivity index is 1.38. The average molecular weight is 557 g/mol. The van der Waals surface area contributed by atoms with E-state index in [0.717, 1.165) is 28.4 Å². The summed E-state index contributed by atoms with van der Waals surface area (Å²) >= 11 is 10.4. The van der Waals surface area contributed by atoms with Crippen molar-refractivity contribution in [2.75, 3.05) is 24.1 Å². The number of carbonyl (C=O) groups is 2. The number of carbonyl (C=O) groups excluding carboxylic acids is 2. The first kappa shape index (κ1) is 25.9. The lowest BCUT2D eigenvalue weighted by atomic mass is 10.1. The van der Waals surface area contributed by atoms with E-state index in [1.807, 2.05) is 5.38 Å². The van der Waals surface area contributed by atoms with Crippen LogP contribution in [0.4, 0.5) is 19.7 Å². The smallest absolute Gasteiger partial charge is 0.265 e. The standard InChI is InChI=1S/C23H23ClF2N4O2S3/c1-11(2)34-15-10-33-19(17(15)24)22(32)30-8-6-12(7-9-30)28-23-29-21(27)20(35-23)18(31)16-13(25)4-3-5-14(16)26/h3-5,10-12H,6-9,27H2,1-2H3,(H,28,29). The van der Waals surface area contributed by atoms with Crippen molar-refractivity contribution < 1.29 is 18.4 Å². The van der Waals surface area contributed by atoms with E-state index in [4.69, 9.17) is 17.3 Å². The zero-order valence-electron chi connectivity index (χ0n) is 18.9. The van der Waals surface area contributed by atoms with E-state index in [-0.39, 0.29) is 22.6 Å². The molecule has 3 heterocycles. The molecular weight excluding hydrogens is 534 g/mol. The highest BCUT2D eigenvalue weighted by Gasteiger charge is 2.29. The molecule has 0 aliphatic carbocycles. The first-order valence-electron chi connectivity index (χ1n) is 10.9. The lowest BCUT2D eigenvalue weighted by Crippen LogP contribution is -2.42. The fraction of sp³-hybridized carbons (Fsp3) is 0.348. The highest BCUT2D eigenvalue weighted by Crippen LogP contribution is 2.38. The number of thiophene rings is 1. The summed E-state index contributed by atoms with van der Waals surface area (Å²) in [6.45, 7) is 5.21. The van der Waals surface area contributed by atoms with E-state index < -0.39 is 23.0 Å². The third-order valence-electron chi connectivity index (χ3n) is 5.42. The van der Waals surface area contributed by atoms with Crippen molar-refractivity contribution in [2.24, 2.45) is 0 Å². The van der Waals surface area contributed by atoms with Crippen LogP contribution in [0.25, 0.3) is 0 Å². The Bertz CT molecular complexity index is 1240. The number of halogens is 3. The summed E-state index contributed by atoms with van der Waals surface area (Å²) in [5.41, 5.74) is 5.24. The number of nitrogens with zero attached hydrogens (tertiary/aromatic N) is 2. The first-order valence-corrected chi connectivity index (χ1v) is 13.9. The number of thiazole rings is 1. The second-order valence-corrected chi connectivity index (χ2v) is 12.2. The van der Waals surface area contributed by atoms with E-state index >= 15 is 0 Å². The van der Waals surface area contributed by atoms with Gasteiger partial charge in [0, 0.05) is 34.7 Å². The lowest BCUT2D eigenvalue weighted by molar-refractivity contribution is 0.0723. The molecule has 35 heavy (non-hydrogen) atoms. The molecule has 3 N–H and O–H groups in total. The van der Waals surface area contributed by atoms with E-state index in [0.29, 0.717) is 46.2 Å². The van der Waals surface area contributed by atoms with Crippen molar-refractivity contribution >= 4 is 68.7 Å². The molecule has 0 radical (unpaired) electrons. The number of thioether (sulfide) groups is 1. The first-order chi connectivity index (χ1) is 16.7. The topological polar surface area (TPSA) is 88.3 Å². The summed E-state index contributed by atoms with van der Waals surface area (Å²) in [6, 6.07) is 3.24. The van der Waals surface area contributed by atoms with Crippen LogP contribution in [-0.4, -0.2) is 46.0 Å². The zero-order valence-corrected chi connectivity index (χ0v) is 22.1. The predicted octanol–water partition coefficient (Wildman–Crippen LogP) is 6.17. The second-order valence-electron chi connectivity index (χ2n) is 8.28. The number of hydrogen-bond acceptors (Lipinski definition) is 8. The number of likely N-dealkylation sites (tertiary alicyclic amines) is 1. The molecule has 0 unspecified atom stereocenters. The second kappa shape index (κ2) is 10.8. The third kappa shape index (κ3) is 5.63. The Morgan fingerprint density at radius 2 is 1.89 bits per heavy atom. The van der Waals surface area contributed by atoms with Gasteiger partial charge in [0.15, 0.2) is 5.13 Å². The van der Waals surface area contributed by atoms with Gasteiger partial charge in [-0.05, 0) is 25.0 Å². The van der Waals surface area contributed by atoms with Crippen molar-refractivity contribution in [3.63, 3.8) is 0 Å². The van der Waals surface area contributed by atoms with Gasteiger partial charge in [-0.25, -0.2) is 13.8 Å². The Kier molecular flexibility index (Phi) is 7.99. The molecule has 2 aromatic heterocycles. The van der Waals surface area contributed by atoms with E-state index in [9.17, 15) is 18.4 Å². The van der Waals surface area contributed by atoms with Gasteiger partial charge < -0.3 is 16.0 Å². The Morgan fingerprint density at radius 1 is 1.23 bits per heavy atom. The van der Waals surface area contributed by atoms with Crippen LogP contribution < -0.4 is 11.1 Å². The average Bonchev–Trinajstić information content (AvgIpc) is 3.35. The molecule has 186 valence electrons. The number of ketones is 1. The number of rotatable bonds is 7. The maximum absolute atomic E-state index is 14.0. The molecule has 1 saturated heterocycles. The number of amides is 1. The van der Waals surface area contributed by atoms with Crippen molar-refractivity contribution in [1.29, 1.82) is 0 Å². The fourth-order valence-electron chi connectivity index (χ4n) is 3.74. The summed E-state index contributed by atoms with van der Waals surface area (Å²) in [7, 11) is 0. The van der Waals surface area contributed by atoms with Gasteiger partial charge in [0.2, 0.25) is 5.78 Å². The van der Waals surface area contributed by atoms with Crippen molar-refractivity contribution in [3.05, 3.63) is 55.6 Å². The van der Waals surface area contributed by atoms with Gasteiger partial charge in [0.05, 0.1) is 10.6 Å². The van der Waals surface area contributed by atoms with E-state index in [1.54, 1.807) is 16.7 Å². The van der Waals surface area contributed by atoms with Crippen LogP contribution >= 0.6 is 46.0 Å². The maximum atomic E-state index is 14.0. The quantitative estimate of drug-likeness (QED) is 0.267. The minimum Gasteiger partial charge on any atom is -0.382 e. The predicted molar refractivity (Wildman–Crippen MR) is 139 cm³/mol. The largest absolute Gasteiger partial charge is 0.382 e. The maximum Gasteiger partial charge on any atom is 0.265 e. The Labute approximate surface area is 218 Å². The summed E-state index contributed by atoms with van der Waals surface area (Å²) in [5.74, 6) is -2.90. The van der Waals surface area contributed by atoms with Crippen LogP contribution in [0, 0.1) is 11.6 Å². The van der Waals surface area contributed by atoms with Gasteiger partial charge in [-0.3, -0.25) is 9.59 Å². The molecule has 1 aromatic carbocycles. The summed E-state index contributed by atoms with van der Waals surface area (Å²) in [5, 5.41) is 6.44. The van der Waals surface area contributed by atoms with Crippen LogP contribution in [0.15, 0.2) is 28.5 Å². The summed E-state index contributed by atoms with van der Waals surface area (Å²) in [6.07, 6.45) is 1.32. The number of hydrogen-bond donors (Lipinski definition) is 2. The number of aromatic nitrogens is 1. The number of nitrogens with two attached hydrogens (primary N) is 1. The minimum absolute atomic E-state index is 0.00335. The molecule has 1 aliphatic rings. The minimum atomic E-state index is -0.949. The normalized spacial score (nSPS) is 14.5. The monoisotopic (exact) mass is 556 g/mol. The van der Waals surface area contributed by atoms with Crippen LogP contribution in [0.1, 0.15) is 51.6 Å². The summed E-state index contributed by atoms with van der Waals surface area (Å²) in [4.78, 5) is 33.1.